The molecule has 3 rings (SSSR count). The molecular formula is C18H14Cl2N2O. The lowest BCUT2D eigenvalue weighted by Crippen LogP contribution is -2.24. The number of carbonyl (C=O) groups is 1. The molecule has 1 amide bonds. The highest BCUT2D eigenvalue weighted by atomic mass is 35.5. The highest BCUT2D eigenvalue weighted by Crippen LogP contribution is 2.28. The summed E-state index contributed by atoms with van der Waals surface area (Å²) in [6, 6.07) is 10.9. The zero-order valence-corrected chi connectivity index (χ0v) is 13.7. The Morgan fingerprint density at radius 3 is 2.52 bits per heavy atom. The molecule has 116 valence electrons. The standard InChI is InChI=1S/C18H14Cl2N2O/c19-13-9-7-12(8-10-13)14-4-1-2-6-16(14)22-18(23)15-5-3-11-21-17(15)20/h3-11H,1-2H2,(H,22,23). The predicted molar refractivity (Wildman–Crippen MR) is 93.5 cm³/mol. The molecule has 1 aliphatic carbocycles. The number of allylic oxidation sites excluding steroid dienone is 3. The van der Waals surface area contributed by atoms with Crippen LogP contribution in [0.2, 0.25) is 10.2 Å². The van der Waals surface area contributed by atoms with Gasteiger partial charge in [0, 0.05) is 22.5 Å². The second-order valence-corrected chi connectivity index (χ2v) is 5.91. The largest absolute Gasteiger partial charge is 0.322 e. The van der Waals surface area contributed by atoms with E-state index < -0.39 is 0 Å². The van der Waals surface area contributed by atoms with E-state index >= 15 is 0 Å². The first-order valence-electron chi connectivity index (χ1n) is 7.23. The number of aromatic nitrogens is 1. The average molecular weight is 345 g/mol. The third-order valence-corrected chi connectivity index (χ3v) is 4.11. The zero-order chi connectivity index (χ0) is 16.2. The minimum atomic E-state index is -0.267. The van der Waals surface area contributed by atoms with Gasteiger partial charge < -0.3 is 5.32 Å². The van der Waals surface area contributed by atoms with Crippen molar-refractivity contribution in [2.75, 3.05) is 0 Å². The summed E-state index contributed by atoms with van der Waals surface area (Å²) in [5, 5.41) is 3.81. The minimum absolute atomic E-state index is 0.193. The molecule has 0 radical (unpaired) electrons. The second kappa shape index (κ2) is 6.99. The van der Waals surface area contributed by atoms with Crippen LogP contribution in [0.15, 0.2) is 60.4 Å². The summed E-state index contributed by atoms with van der Waals surface area (Å²) in [7, 11) is 0. The van der Waals surface area contributed by atoms with Crippen molar-refractivity contribution in [1.29, 1.82) is 0 Å². The van der Waals surface area contributed by atoms with Crippen LogP contribution in [0, 0.1) is 0 Å². The van der Waals surface area contributed by atoms with Gasteiger partial charge in [-0.2, -0.15) is 0 Å². The Kier molecular flexibility index (Phi) is 4.79. The molecule has 0 fully saturated rings. The zero-order valence-electron chi connectivity index (χ0n) is 12.2. The van der Waals surface area contributed by atoms with E-state index in [1.54, 1.807) is 18.3 Å². The van der Waals surface area contributed by atoms with Crippen molar-refractivity contribution in [3.05, 3.63) is 81.7 Å². The van der Waals surface area contributed by atoms with Gasteiger partial charge in [0.05, 0.1) is 5.56 Å². The Labute approximate surface area is 144 Å². The highest BCUT2D eigenvalue weighted by Gasteiger charge is 2.17. The fraction of sp³-hybridized carbons (Fsp3) is 0.111. The van der Waals surface area contributed by atoms with E-state index in [1.807, 2.05) is 30.3 Å². The highest BCUT2D eigenvalue weighted by molar-refractivity contribution is 6.32. The van der Waals surface area contributed by atoms with Crippen molar-refractivity contribution in [2.45, 2.75) is 12.8 Å². The number of nitrogens with zero attached hydrogens (tertiary/aromatic N) is 1. The maximum Gasteiger partial charge on any atom is 0.258 e. The van der Waals surface area contributed by atoms with Crippen LogP contribution in [0.4, 0.5) is 0 Å². The van der Waals surface area contributed by atoms with Gasteiger partial charge in [0.2, 0.25) is 0 Å². The van der Waals surface area contributed by atoms with Gasteiger partial charge in [-0.3, -0.25) is 4.79 Å². The van der Waals surface area contributed by atoms with Gasteiger partial charge in [-0.25, -0.2) is 4.98 Å². The van der Waals surface area contributed by atoms with Gasteiger partial charge in [0.1, 0.15) is 5.15 Å². The van der Waals surface area contributed by atoms with E-state index in [2.05, 4.69) is 16.4 Å². The molecule has 2 aromatic rings. The summed E-state index contributed by atoms with van der Waals surface area (Å²) in [4.78, 5) is 16.4. The van der Waals surface area contributed by atoms with Gasteiger partial charge in [0.25, 0.3) is 5.91 Å². The summed E-state index contributed by atoms with van der Waals surface area (Å²) < 4.78 is 0. The monoisotopic (exact) mass is 344 g/mol. The first-order chi connectivity index (χ1) is 11.1. The summed E-state index contributed by atoms with van der Waals surface area (Å²) in [5.41, 5.74) is 3.14. The van der Waals surface area contributed by atoms with Crippen molar-refractivity contribution in [3.63, 3.8) is 0 Å². The second-order valence-electron chi connectivity index (χ2n) is 5.12. The molecule has 5 heteroatoms. The van der Waals surface area contributed by atoms with Crippen molar-refractivity contribution in [3.8, 4) is 0 Å². The molecule has 1 aliphatic rings. The number of halogens is 2. The number of rotatable bonds is 3. The molecule has 0 atom stereocenters. The smallest absolute Gasteiger partial charge is 0.258 e. The minimum Gasteiger partial charge on any atom is -0.322 e. The quantitative estimate of drug-likeness (QED) is 0.806. The van der Waals surface area contributed by atoms with Crippen LogP contribution in [-0.2, 0) is 0 Å². The fourth-order valence-electron chi connectivity index (χ4n) is 2.44. The Morgan fingerprint density at radius 2 is 1.78 bits per heavy atom. The topological polar surface area (TPSA) is 42.0 Å². The van der Waals surface area contributed by atoms with Crippen LogP contribution >= 0.6 is 23.2 Å². The van der Waals surface area contributed by atoms with Crippen molar-refractivity contribution in [2.24, 2.45) is 0 Å². The average Bonchev–Trinajstić information content (AvgIpc) is 2.56. The van der Waals surface area contributed by atoms with E-state index in [-0.39, 0.29) is 11.1 Å². The third-order valence-electron chi connectivity index (χ3n) is 3.56. The van der Waals surface area contributed by atoms with Crippen LogP contribution in [0.25, 0.3) is 5.57 Å². The van der Waals surface area contributed by atoms with Gasteiger partial charge in [-0.1, -0.05) is 47.5 Å². The molecular weight excluding hydrogens is 331 g/mol. The predicted octanol–water partition coefficient (Wildman–Crippen LogP) is 4.88. The molecule has 0 aliphatic heterocycles. The van der Waals surface area contributed by atoms with Gasteiger partial charge >= 0.3 is 0 Å². The Balaban J connectivity index is 1.85. The normalized spacial score (nSPS) is 14.0. The molecule has 3 nitrogen and oxygen atoms in total. The molecule has 1 N–H and O–H groups in total. The molecule has 0 saturated carbocycles. The number of pyridine rings is 1. The number of amides is 1. The Bertz CT molecular complexity index is 795. The molecule has 0 saturated heterocycles. The van der Waals surface area contributed by atoms with E-state index in [9.17, 15) is 4.79 Å². The number of hydrogen-bond donors (Lipinski definition) is 1. The van der Waals surface area contributed by atoms with Crippen LogP contribution in [0.1, 0.15) is 28.8 Å². The molecule has 23 heavy (non-hydrogen) atoms. The summed E-state index contributed by atoms with van der Waals surface area (Å²) in [5.74, 6) is -0.267. The summed E-state index contributed by atoms with van der Waals surface area (Å²) >= 11 is 11.9. The lowest BCUT2D eigenvalue weighted by molar-refractivity contribution is 0.0967. The van der Waals surface area contributed by atoms with E-state index in [1.165, 1.54) is 0 Å². The van der Waals surface area contributed by atoms with E-state index in [4.69, 9.17) is 23.2 Å². The van der Waals surface area contributed by atoms with Crippen LogP contribution in [0.5, 0.6) is 0 Å². The Morgan fingerprint density at radius 1 is 1.04 bits per heavy atom. The van der Waals surface area contributed by atoms with E-state index in [0.717, 1.165) is 29.7 Å². The van der Waals surface area contributed by atoms with Crippen molar-refractivity contribution >= 4 is 34.7 Å². The summed E-state index contributed by atoms with van der Waals surface area (Å²) in [6.45, 7) is 0. The van der Waals surface area contributed by atoms with Crippen molar-refractivity contribution < 1.29 is 4.79 Å². The molecule has 1 heterocycles. The molecule has 1 aromatic carbocycles. The number of carbonyl (C=O) groups excluding carboxylic acids is 1. The third kappa shape index (κ3) is 3.63. The SMILES string of the molecule is O=C(NC1=CCCC=C1c1ccc(Cl)cc1)c1cccnc1Cl. The first-order valence-corrected chi connectivity index (χ1v) is 7.99. The number of benzene rings is 1. The number of hydrogen-bond acceptors (Lipinski definition) is 2. The van der Waals surface area contributed by atoms with Crippen molar-refractivity contribution in [1.82, 2.24) is 10.3 Å². The maximum atomic E-state index is 12.4. The molecule has 0 spiro atoms. The van der Waals surface area contributed by atoms with Crippen LogP contribution in [0.3, 0.4) is 0 Å². The van der Waals surface area contributed by atoms with Crippen LogP contribution < -0.4 is 5.32 Å². The van der Waals surface area contributed by atoms with Gasteiger partial charge in [0.15, 0.2) is 0 Å². The van der Waals surface area contributed by atoms with Gasteiger partial charge in [-0.15, -0.1) is 0 Å². The molecule has 0 unspecified atom stereocenters. The lowest BCUT2D eigenvalue weighted by Gasteiger charge is -2.18. The number of nitrogens with one attached hydrogen (secondary N) is 1. The lowest BCUT2D eigenvalue weighted by atomic mass is 9.96. The molecule has 1 aromatic heterocycles. The molecule has 0 bridgehead atoms. The van der Waals surface area contributed by atoms with Gasteiger partial charge in [-0.05, 0) is 42.7 Å². The van der Waals surface area contributed by atoms with E-state index in [0.29, 0.717) is 10.6 Å². The summed E-state index contributed by atoms with van der Waals surface area (Å²) in [6.07, 6.45) is 7.51. The fourth-order valence-corrected chi connectivity index (χ4v) is 2.77. The maximum absolute atomic E-state index is 12.4. The Hall–Kier alpha value is -2.10. The first kappa shape index (κ1) is 15.8. The van der Waals surface area contributed by atoms with Crippen LogP contribution in [-0.4, -0.2) is 10.9 Å².